The molecule has 0 unspecified atom stereocenters. The lowest BCUT2D eigenvalue weighted by molar-refractivity contribution is -0.145. The van der Waals surface area contributed by atoms with Gasteiger partial charge in [-0.1, -0.05) is 37.3 Å². The summed E-state index contributed by atoms with van der Waals surface area (Å²) in [6.45, 7) is 2.96. The molecule has 0 radical (unpaired) electrons. The molecule has 1 aliphatic carbocycles. The van der Waals surface area contributed by atoms with Crippen LogP contribution in [0.25, 0.3) is 0 Å². The van der Waals surface area contributed by atoms with Crippen LogP contribution in [-0.4, -0.2) is 72.5 Å². The van der Waals surface area contributed by atoms with Crippen LogP contribution in [0.1, 0.15) is 38.2 Å². The fraction of sp³-hybridized carbons (Fsp3) is 0.682. The third kappa shape index (κ3) is 2.78. The summed E-state index contributed by atoms with van der Waals surface area (Å²) < 4.78 is 0. The van der Waals surface area contributed by atoms with Crippen LogP contribution in [0.5, 0.6) is 0 Å². The molecule has 1 aromatic rings. The lowest BCUT2D eigenvalue weighted by atomic mass is 9.64. The van der Waals surface area contributed by atoms with E-state index in [-0.39, 0.29) is 11.5 Å². The van der Waals surface area contributed by atoms with Gasteiger partial charge in [-0.2, -0.15) is 0 Å². The highest BCUT2D eigenvalue weighted by molar-refractivity contribution is 5.79. The first-order chi connectivity index (χ1) is 12.4. The predicted octanol–water partition coefficient (Wildman–Crippen LogP) is 2.63. The molecule has 2 heterocycles. The first kappa shape index (κ1) is 18.0. The van der Waals surface area contributed by atoms with Crippen LogP contribution in [0.4, 0.5) is 0 Å². The molecule has 1 amide bonds. The van der Waals surface area contributed by atoms with Crippen LogP contribution in [0.15, 0.2) is 30.3 Å². The number of carbonyl (C=O) groups excluding carboxylic acids is 1. The van der Waals surface area contributed by atoms with Crippen LogP contribution in [0, 0.1) is 5.41 Å². The molecule has 142 valence electrons. The van der Waals surface area contributed by atoms with Gasteiger partial charge in [0.2, 0.25) is 5.91 Å². The molecule has 26 heavy (non-hydrogen) atoms. The zero-order valence-corrected chi connectivity index (χ0v) is 16.7. The van der Waals surface area contributed by atoms with Crippen molar-refractivity contribution in [1.29, 1.82) is 0 Å². The normalized spacial score (nSPS) is 36.6. The maximum Gasteiger partial charge on any atom is 0.237 e. The Kier molecular flexibility index (Phi) is 4.60. The molecule has 3 aliphatic rings. The fourth-order valence-corrected chi connectivity index (χ4v) is 6.23. The van der Waals surface area contributed by atoms with Gasteiger partial charge in [0.25, 0.3) is 0 Å². The van der Waals surface area contributed by atoms with E-state index in [1.54, 1.807) is 0 Å². The highest BCUT2D eigenvalue weighted by atomic mass is 16.2. The van der Waals surface area contributed by atoms with E-state index in [0.717, 1.165) is 12.8 Å². The van der Waals surface area contributed by atoms with E-state index < -0.39 is 0 Å². The molecule has 5 atom stereocenters. The third-order valence-electron chi connectivity index (χ3n) is 7.31. The van der Waals surface area contributed by atoms with Gasteiger partial charge in [0, 0.05) is 23.5 Å². The minimum atomic E-state index is 0.257. The monoisotopic (exact) mass is 355 g/mol. The van der Waals surface area contributed by atoms with Crippen molar-refractivity contribution in [2.24, 2.45) is 5.41 Å². The number of carbonyl (C=O) groups is 1. The second-order valence-corrected chi connectivity index (χ2v) is 9.20. The van der Waals surface area contributed by atoms with Gasteiger partial charge in [0.15, 0.2) is 0 Å². The molecule has 0 spiro atoms. The van der Waals surface area contributed by atoms with Crippen LogP contribution < -0.4 is 0 Å². The number of nitrogens with zero attached hydrogens (tertiary/aromatic N) is 3. The third-order valence-corrected chi connectivity index (χ3v) is 7.31. The molecular formula is C22H33N3O. The Hall–Kier alpha value is -1.39. The summed E-state index contributed by atoms with van der Waals surface area (Å²) in [4.78, 5) is 20.3. The Balaban J connectivity index is 1.72. The lowest BCUT2D eigenvalue weighted by Crippen LogP contribution is -2.63. The lowest BCUT2D eigenvalue weighted by Gasteiger charge is -2.53. The fourth-order valence-electron chi connectivity index (χ4n) is 6.23. The number of amides is 1. The van der Waals surface area contributed by atoms with E-state index in [9.17, 15) is 4.79 Å². The Morgan fingerprint density at radius 1 is 1.19 bits per heavy atom. The molecule has 4 heteroatoms. The predicted molar refractivity (Wildman–Crippen MR) is 105 cm³/mol. The van der Waals surface area contributed by atoms with Gasteiger partial charge in [0.05, 0.1) is 12.6 Å². The summed E-state index contributed by atoms with van der Waals surface area (Å²) in [5.41, 5.74) is 1.60. The number of piperidine rings is 1. The highest BCUT2D eigenvalue weighted by Crippen LogP contribution is 2.55. The first-order valence-electron chi connectivity index (χ1n) is 10.1. The Morgan fingerprint density at radius 3 is 2.58 bits per heavy atom. The topological polar surface area (TPSA) is 26.8 Å². The van der Waals surface area contributed by atoms with E-state index in [1.165, 1.54) is 24.8 Å². The quantitative estimate of drug-likeness (QED) is 0.831. The Labute approximate surface area is 158 Å². The summed E-state index contributed by atoms with van der Waals surface area (Å²) in [5.74, 6) is 0.313. The van der Waals surface area contributed by atoms with Crippen molar-refractivity contribution in [3.63, 3.8) is 0 Å². The molecule has 0 N–H and O–H groups in total. The van der Waals surface area contributed by atoms with E-state index in [0.29, 0.717) is 30.6 Å². The second-order valence-electron chi connectivity index (χ2n) is 9.20. The average molecular weight is 356 g/mol. The summed E-state index contributed by atoms with van der Waals surface area (Å²) in [6, 6.07) is 12.5. The molecule has 2 bridgehead atoms. The van der Waals surface area contributed by atoms with Crippen molar-refractivity contribution in [3.05, 3.63) is 35.9 Å². The van der Waals surface area contributed by atoms with E-state index in [4.69, 9.17) is 0 Å². The van der Waals surface area contributed by atoms with Gasteiger partial charge in [0.1, 0.15) is 0 Å². The number of rotatable bonds is 4. The van der Waals surface area contributed by atoms with Crippen LogP contribution in [-0.2, 0) is 11.2 Å². The van der Waals surface area contributed by atoms with Gasteiger partial charge < -0.3 is 9.80 Å². The van der Waals surface area contributed by atoms with Crippen molar-refractivity contribution in [2.45, 2.75) is 63.2 Å². The van der Waals surface area contributed by atoms with Crippen LogP contribution in [0.3, 0.4) is 0 Å². The number of likely N-dealkylation sites (tertiary alicyclic amines) is 2. The van der Waals surface area contributed by atoms with E-state index >= 15 is 0 Å². The number of hydrogen-bond acceptors (Lipinski definition) is 3. The van der Waals surface area contributed by atoms with Gasteiger partial charge in [-0.05, 0) is 58.8 Å². The molecule has 0 aromatic heterocycles. The van der Waals surface area contributed by atoms with E-state index in [1.807, 2.05) is 19.0 Å². The SMILES string of the molecule is CN(C)CC(=O)N1[C@@H](Cc2ccccc2)[C@@H]2C[C@@]3(C)[C@H](CCC[C@@H]13)N2C. The van der Waals surface area contributed by atoms with Gasteiger partial charge >= 0.3 is 0 Å². The summed E-state index contributed by atoms with van der Waals surface area (Å²) in [5, 5.41) is 0. The van der Waals surface area contributed by atoms with Crippen molar-refractivity contribution in [2.75, 3.05) is 27.7 Å². The van der Waals surface area contributed by atoms with Crippen molar-refractivity contribution >= 4 is 5.91 Å². The zero-order valence-electron chi connectivity index (χ0n) is 16.7. The average Bonchev–Trinajstić information content (AvgIpc) is 2.86. The first-order valence-corrected chi connectivity index (χ1v) is 10.1. The molecule has 1 aromatic carbocycles. The van der Waals surface area contributed by atoms with Gasteiger partial charge in [-0.25, -0.2) is 0 Å². The van der Waals surface area contributed by atoms with Crippen LogP contribution in [0.2, 0.25) is 0 Å². The Bertz CT molecular complexity index is 661. The number of hydrogen-bond donors (Lipinski definition) is 0. The summed E-state index contributed by atoms with van der Waals surface area (Å²) in [7, 11) is 6.31. The van der Waals surface area contributed by atoms with Crippen LogP contribution >= 0.6 is 0 Å². The van der Waals surface area contributed by atoms with Gasteiger partial charge in [-0.3, -0.25) is 9.69 Å². The zero-order chi connectivity index (χ0) is 18.5. The molecule has 4 nitrogen and oxygen atoms in total. The van der Waals surface area contributed by atoms with Crippen molar-refractivity contribution in [3.8, 4) is 0 Å². The molecule has 1 saturated carbocycles. The largest absolute Gasteiger partial charge is 0.333 e. The molecule has 2 aliphatic heterocycles. The molecule has 3 fully saturated rings. The number of fused-ring (bicyclic) bond motifs is 1. The maximum absolute atomic E-state index is 13.3. The molecular weight excluding hydrogens is 322 g/mol. The number of likely N-dealkylation sites (N-methyl/N-ethyl adjacent to an activating group) is 2. The number of benzene rings is 1. The van der Waals surface area contributed by atoms with Crippen molar-refractivity contribution < 1.29 is 4.79 Å². The minimum absolute atomic E-state index is 0.257. The molecule has 4 rings (SSSR count). The highest BCUT2D eigenvalue weighted by Gasteiger charge is 2.62. The smallest absolute Gasteiger partial charge is 0.237 e. The minimum Gasteiger partial charge on any atom is -0.333 e. The standard InChI is InChI=1S/C22H33N3O/c1-22-14-18-17(13-16-9-6-5-7-10-16)25(21(26)15-23(2)3)20(22)12-8-11-19(22)24(18)4/h5-7,9-10,17-20H,8,11-15H2,1-4H3/t17-,18-,19-,20+,22-/m0/s1. The Morgan fingerprint density at radius 2 is 1.88 bits per heavy atom. The second kappa shape index (κ2) is 6.65. The summed E-state index contributed by atoms with van der Waals surface area (Å²) >= 11 is 0. The molecule has 2 saturated heterocycles. The van der Waals surface area contributed by atoms with Gasteiger partial charge in [-0.15, -0.1) is 0 Å². The maximum atomic E-state index is 13.3. The van der Waals surface area contributed by atoms with E-state index in [2.05, 4.69) is 54.1 Å². The van der Waals surface area contributed by atoms with Crippen molar-refractivity contribution in [1.82, 2.24) is 14.7 Å². The summed E-state index contributed by atoms with van der Waals surface area (Å²) in [6.07, 6.45) is 5.90.